The highest BCUT2D eigenvalue weighted by Gasteiger charge is 2.08. The van der Waals surface area contributed by atoms with E-state index in [0.717, 1.165) is 11.3 Å². The number of anilines is 1. The molecule has 3 N–H and O–H groups in total. The molecular weight excluding hydrogens is 262 g/mol. The fraction of sp³-hybridized carbons (Fsp3) is 0.154. The first kappa shape index (κ1) is 13.5. The van der Waals surface area contributed by atoms with Crippen molar-refractivity contribution in [3.63, 3.8) is 0 Å². The van der Waals surface area contributed by atoms with E-state index >= 15 is 0 Å². The zero-order valence-electron chi connectivity index (χ0n) is 10.4. The SMILES string of the molecule is CC(Nc1ccc(S(N)(=O)=O)cc1)c1cccnc1. The van der Waals surface area contributed by atoms with Crippen molar-refractivity contribution in [2.24, 2.45) is 5.14 Å². The van der Waals surface area contributed by atoms with Crippen molar-refractivity contribution in [2.45, 2.75) is 17.9 Å². The van der Waals surface area contributed by atoms with Crippen molar-refractivity contribution in [1.29, 1.82) is 0 Å². The molecule has 0 radical (unpaired) electrons. The fourth-order valence-corrected chi connectivity index (χ4v) is 2.22. The molecule has 2 rings (SSSR count). The molecule has 0 saturated carbocycles. The number of sulfonamides is 1. The Kier molecular flexibility index (Phi) is 3.82. The molecule has 0 saturated heterocycles. The predicted molar refractivity (Wildman–Crippen MR) is 74.1 cm³/mol. The summed E-state index contributed by atoms with van der Waals surface area (Å²) in [7, 11) is -3.64. The van der Waals surface area contributed by atoms with E-state index in [1.165, 1.54) is 12.1 Å². The van der Waals surface area contributed by atoms with Crippen LogP contribution in [0.5, 0.6) is 0 Å². The molecule has 0 fully saturated rings. The van der Waals surface area contributed by atoms with Crippen LogP contribution in [0, 0.1) is 0 Å². The zero-order valence-corrected chi connectivity index (χ0v) is 11.3. The molecule has 1 heterocycles. The van der Waals surface area contributed by atoms with Gasteiger partial charge in [-0.3, -0.25) is 4.98 Å². The third-order valence-corrected chi connectivity index (χ3v) is 3.68. The van der Waals surface area contributed by atoms with Crippen LogP contribution in [0.25, 0.3) is 0 Å². The lowest BCUT2D eigenvalue weighted by atomic mass is 10.1. The first-order valence-electron chi connectivity index (χ1n) is 5.76. The number of hydrogen-bond donors (Lipinski definition) is 2. The van der Waals surface area contributed by atoms with E-state index in [-0.39, 0.29) is 10.9 Å². The number of benzene rings is 1. The van der Waals surface area contributed by atoms with E-state index in [2.05, 4.69) is 10.3 Å². The summed E-state index contributed by atoms with van der Waals surface area (Å²) >= 11 is 0. The topological polar surface area (TPSA) is 85.1 Å². The van der Waals surface area contributed by atoms with Gasteiger partial charge in [-0.15, -0.1) is 0 Å². The Labute approximate surface area is 112 Å². The lowest BCUT2D eigenvalue weighted by Gasteiger charge is -2.15. The Hall–Kier alpha value is -1.92. The molecule has 1 aromatic carbocycles. The molecule has 0 aliphatic carbocycles. The molecule has 0 aliphatic heterocycles. The van der Waals surface area contributed by atoms with Gasteiger partial charge in [0.1, 0.15) is 0 Å². The molecular formula is C13H15N3O2S. The molecule has 5 nitrogen and oxygen atoms in total. The Bertz CT molecular complexity index is 639. The first-order valence-corrected chi connectivity index (χ1v) is 7.31. The highest BCUT2D eigenvalue weighted by atomic mass is 32.2. The van der Waals surface area contributed by atoms with E-state index in [1.807, 2.05) is 19.1 Å². The van der Waals surface area contributed by atoms with Crippen LogP contribution in [-0.2, 0) is 10.0 Å². The smallest absolute Gasteiger partial charge is 0.238 e. The van der Waals surface area contributed by atoms with Crippen molar-refractivity contribution < 1.29 is 8.42 Å². The van der Waals surface area contributed by atoms with Crippen molar-refractivity contribution in [3.8, 4) is 0 Å². The monoisotopic (exact) mass is 277 g/mol. The molecule has 0 spiro atoms. The van der Waals surface area contributed by atoms with Crippen molar-refractivity contribution >= 4 is 15.7 Å². The average Bonchev–Trinajstić information content (AvgIpc) is 2.39. The number of pyridine rings is 1. The summed E-state index contributed by atoms with van der Waals surface area (Å²) in [5.41, 5.74) is 1.88. The largest absolute Gasteiger partial charge is 0.378 e. The van der Waals surface area contributed by atoms with Gasteiger partial charge in [0.2, 0.25) is 10.0 Å². The second-order valence-electron chi connectivity index (χ2n) is 4.22. The van der Waals surface area contributed by atoms with Gasteiger partial charge in [0.15, 0.2) is 0 Å². The van der Waals surface area contributed by atoms with Gasteiger partial charge >= 0.3 is 0 Å². The van der Waals surface area contributed by atoms with Crippen LogP contribution in [0.1, 0.15) is 18.5 Å². The lowest BCUT2D eigenvalue weighted by molar-refractivity contribution is 0.598. The summed E-state index contributed by atoms with van der Waals surface area (Å²) in [6.45, 7) is 2.00. The number of primary sulfonamides is 1. The van der Waals surface area contributed by atoms with Gasteiger partial charge in [0, 0.05) is 18.1 Å². The summed E-state index contributed by atoms with van der Waals surface area (Å²) in [5, 5.41) is 8.30. The molecule has 1 unspecified atom stereocenters. The first-order chi connectivity index (χ1) is 8.97. The van der Waals surface area contributed by atoms with Crippen LogP contribution < -0.4 is 10.5 Å². The van der Waals surface area contributed by atoms with Gasteiger partial charge in [-0.25, -0.2) is 13.6 Å². The summed E-state index contributed by atoms with van der Waals surface area (Å²) in [4.78, 5) is 4.16. The van der Waals surface area contributed by atoms with Gasteiger partial charge < -0.3 is 5.32 Å². The minimum atomic E-state index is -3.64. The maximum absolute atomic E-state index is 11.1. The molecule has 100 valence electrons. The van der Waals surface area contributed by atoms with Crippen LogP contribution in [0.4, 0.5) is 5.69 Å². The third kappa shape index (κ3) is 3.52. The Morgan fingerprint density at radius 2 is 1.89 bits per heavy atom. The van der Waals surface area contributed by atoms with E-state index in [9.17, 15) is 8.42 Å². The number of aromatic nitrogens is 1. The lowest BCUT2D eigenvalue weighted by Crippen LogP contribution is -2.12. The van der Waals surface area contributed by atoms with Crippen LogP contribution in [0.2, 0.25) is 0 Å². The van der Waals surface area contributed by atoms with Gasteiger partial charge in [0.05, 0.1) is 10.9 Å². The van der Waals surface area contributed by atoms with Gasteiger partial charge in [-0.2, -0.15) is 0 Å². The molecule has 1 aromatic heterocycles. The Balaban J connectivity index is 2.12. The van der Waals surface area contributed by atoms with Gasteiger partial charge in [-0.1, -0.05) is 6.07 Å². The number of rotatable bonds is 4. The van der Waals surface area contributed by atoms with Crippen molar-refractivity contribution in [3.05, 3.63) is 54.4 Å². The van der Waals surface area contributed by atoms with Crippen LogP contribution in [0.3, 0.4) is 0 Å². The van der Waals surface area contributed by atoms with E-state index < -0.39 is 10.0 Å². The van der Waals surface area contributed by atoms with E-state index in [4.69, 9.17) is 5.14 Å². The molecule has 6 heteroatoms. The van der Waals surface area contributed by atoms with Crippen LogP contribution >= 0.6 is 0 Å². The predicted octanol–water partition coefficient (Wildman–Crippen LogP) is 1.90. The van der Waals surface area contributed by atoms with Gasteiger partial charge in [0.25, 0.3) is 0 Å². The molecule has 1 atom stereocenters. The minimum absolute atomic E-state index is 0.0778. The Morgan fingerprint density at radius 1 is 1.21 bits per heavy atom. The van der Waals surface area contributed by atoms with Gasteiger partial charge in [-0.05, 0) is 42.8 Å². The average molecular weight is 277 g/mol. The maximum atomic E-state index is 11.1. The normalized spacial score (nSPS) is 12.9. The van der Waals surface area contributed by atoms with Crippen molar-refractivity contribution in [1.82, 2.24) is 4.98 Å². The highest BCUT2D eigenvalue weighted by molar-refractivity contribution is 7.89. The summed E-state index contributed by atoms with van der Waals surface area (Å²) in [5.74, 6) is 0. The zero-order chi connectivity index (χ0) is 13.9. The number of nitrogens with one attached hydrogen (secondary N) is 1. The number of hydrogen-bond acceptors (Lipinski definition) is 4. The number of nitrogens with zero attached hydrogens (tertiary/aromatic N) is 1. The van der Waals surface area contributed by atoms with E-state index in [0.29, 0.717) is 0 Å². The summed E-state index contributed by atoms with van der Waals surface area (Å²) in [6, 6.07) is 10.3. The second-order valence-corrected chi connectivity index (χ2v) is 5.78. The fourth-order valence-electron chi connectivity index (χ4n) is 1.71. The maximum Gasteiger partial charge on any atom is 0.238 e. The number of nitrogens with two attached hydrogens (primary N) is 1. The molecule has 2 aromatic rings. The van der Waals surface area contributed by atoms with Crippen LogP contribution in [-0.4, -0.2) is 13.4 Å². The minimum Gasteiger partial charge on any atom is -0.378 e. The molecule has 19 heavy (non-hydrogen) atoms. The standard InChI is InChI=1S/C13H15N3O2S/c1-10(11-3-2-8-15-9-11)16-12-4-6-13(7-5-12)19(14,17)18/h2-10,16H,1H3,(H2,14,17,18). The molecule has 0 amide bonds. The van der Waals surface area contributed by atoms with Crippen molar-refractivity contribution in [2.75, 3.05) is 5.32 Å². The second kappa shape index (κ2) is 5.38. The highest BCUT2D eigenvalue weighted by Crippen LogP contribution is 2.19. The molecule has 0 bridgehead atoms. The summed E-state index contributed by atoms with van der Waals surface area (Å²) in [6.07, 6.45) is 3.51. The third-order valence-electron chi connectivity index (χ3n) is 2.75. The quantitative estimate of drug-likeness (QED) is 0.893. The van der Waals surface area contributed by atoms with E-state index in [1.54, 1.807) is 24.5 Å². The van der Waals surface area contributed by atoms with Crippen LogP contribution in [0.15, 0.2) is 53.7 Å². The molecule has 0 aliphatic rings. The Morgan fingerprint density at radius 3 is 2.42 bits per heavy atom. The summed E-state index contributed by atoms with van der Waals surface area (Å²) < 4.78 is 22.3.